The molecule has 0 aliphatic carbocycles. The molecule has 0 aliphatic heterocycles. The molecule has 0 heterocycles. The molecule has 0 atom stereocenters. The number of anilines is 1. The quantitative estimate of drug-likeness (QED) is 0.681. The predicted octanol–water partition coefficient (Wildman–Crippen LogP) is 4.16. The maximum atomic E-state index is 12.3. The molecule has 0 aliphatic rings. The first-order valence-electron chi connectivity index (χ1n) is 7.07. The first kappa shape index (κ1) is 15.5. The summed E-state index contributed by atoms with van der Waals surface area (Å²) >= 11 is 0. The normalized spacial score (nSPS) is 10.9. The summed E-state index contributed by atoms with van der Waals surface area (Å²) in [7, 11) is 0. The van der Waals surface area contributed by atoms with Crippen molar-refractivity contribution in [3.8, 4) is 6.07 Å². The minimum Gasteiger partial charge on any atom is -0.321 e. The predicted molar refractivity (Wildman–Crippen MR) is 89.3 cm³/mol. The van der Waals surface area contributed by atoms with Crippen molar-refractivity contribution < 1.29 is 4.79 Å². The molecule has 0 spiro atoms. The molecule has 0 aromatic heterocycles. The molecule has 0 unspecified atom stereocenters. The van der Waals surface area contributed by atoms with Gasteiger partial charge >= 0.3 is 0 Å². The largest absolute Gasteiger partial charge is 0.321 e. The SMILES string of the molecule is Cc1ccc(NC(=O)/C(C#N)=C/c2ccccc2C)c(C)c1. The molecule has 0 bridgehead atoms. The number of amides is 1. The van der Waals surface area contributed by atoms with E-state index in [1.807, 2.05) is 69.3 Å². The zero-order valence-corrected chi connectivity index (χ0v) is 13.0. The van der Waals surface area contributed by atoms with Gasteiger partial charge in [0.2, 0.25) is 0 Å². The minimum atomic E-state index is -0.391. The van der Waals surface area contributed by atoms with E-state index < -0.39 is 5.91 Å². The minimum absolute atomic E-state index is 0.0919. The Hall–Kier alpha value is -2.86. The van der Waals surface area contributed by atoms with E-state index in [2.05, 4.69) is 5.32 Å². The standard InChI is InChI=1S/C19H18N2O/c1-13-8-9-18(15(3)10-13)21-19(22)17(12-20)11-16-7-5-4-6-14(16)2/h4-11H,1-3H3,(H,21,22)/b17-11+. The summed E-state index contributed by atoms with van der Waals surface area (Å²) in [6, 6.07) is 15.4. The lowest BCUT2D eigenvalue weighted by Gasteiger charge is -2.09. The van der Waals surface area contributed by atoms with Crippen LogP contribution in [0, 0.1) is 32.1 Å². The lowest BCUT2D eigenvalue weighted by molar-refractivity contribution is -0.112. The highest BCUT2D eigenvalue weighted by Crippen LogP contribution is 2.18. The number of hydrogen-bond donors (Lipinski definition) is 1. The van der Waals surface area contributed by atoms with Crippen molar-refractivity contribution in [3.63, 3.8) is 0 Å². The van der Waals surface area contributed by atoms with Gasteiger partial charge in [-0.25, -0.2) is 0 Å². The fourth-order valence-electron chi connectivity index (χ4n) is 2.20. The Bertz CT molecular complexity index is 782. The van der Waals surface area contributed by atoms with Crippen molar-refractivity contribution in [2.24, 2.45) is 0 Å². The average molecular weight is 290 g/mol. The molecule has 0 radical (unpaired) electrons. The first-order valence-corrected chi connectivity index (χ1v) is 7.07. The van der Waals surface area contributed by atoms with E-state index in [1.54, 1.807) is 6.08 Å². The van der Waals surface area contributed by atoms with Crippen molar-refractivity contribution in [1.29, 1.82) is 5.26 Å². The van der Waals surface area contributed by atoms with Crippen LogP contribution in [-0.4, -0.2) is 5.91 Å². The van der Waals surface area contributed by atoms with Crippen molar-refractivity contribution in [1.82, 2.24) is 0 Å². The third kappa shape index (κ3) is 3.62. The Morgan fingerprint density at radius 1 is 1.09 bits per heavy atom. The Kier molecular flexibility index (Phi) is 4.75. The molecule has 3 nitrogen and oxygen atoms in total. The smallest absolute Gasteiger partial charge is 0.266 e. The molecule has 1 amide bonds. The zero-order valence-electron chi connectivity index (χ0n) is 13.0. The summed E-state index contributed by atoms with van der Waals surface area (Å²) in [5.41, 5.74) is 4.81. The number of carbonyl (C=O) groups is 1. The van der Waals surface area contributed by atoms with Gasteiger partial charge in [0.05, 0.1) is 0 Å². The Labute approximate surface area is 130 Å². The molecule has 2 aromatic rings. The summed E-state index contributed by atoms with van der Waals surface area (Å²) in [6.07, 6.45) is 1.62. The summed E-state index contributed by atoms with van der Waals surface area (Å²) in [6.45, 7) is 5.87. The fraction of sp³-hybridized carbons (Fsp3) is 0.158. The molecule has 22 heavy (non-hydrogen) atoms. The van der Waals surface area contributed by atoms with Gasteiger partial charge in [0.25, 0.3) is 5.91 Å². The van der Waals surface area contributed by atoms with Gasteiger partial charge in [-0.3, -0.25) is 4.79 Å². The summed E-state index contributed by atoms with van der Waals surface area (Å²) < 4.78 is 0. The van der Waals surface area contributed by atoms with Gasteiger partial charge in [-0.15, -0.1) is 0 Å². The second-order valence-electron chi connectivity index (χ2n) is 5.30. The lowest BCUT2D eigenvalue weighted by atomic mass is 10.1. The van der Waals surface area contributed by atoms with Crippen LogP contribution in [0.4, 0.5) is 5.69 Å². The van der Waals surface area contributed by atoms with E-state index >= 15 is 0 Å². The highest BCUT2D eigenvalue weighted by Gasteiger charge is 2.11. The maximum absolute atomic E-state index is 12.3. The van der Waals surface area contributed by atoms with Gasteiger partial charge < -0.3 is 5.32 Å². The van der Waals surface area contributed by atoms with Gasteiger partial charge in [-0.05, 0) is 49.6 Å². The first-order chi connectivity index (χ1) is 10.5. The number of rotatable bonds is 3. The fourth-order valence-corrected chi connectivity index (χ4v) is 2.20. The highest BCUT2D eigenvalue weighted by molar-refractivity contribution is 6.10. The van der Waals surface area contributed by atoms with E-state index in [0.717, 1.165) is 27.9 Å². The van der Waals surface area contributed by atoms with Crippen LogP contribution in [0.3, 0.4) is 0 Å². The van der Waals surface area contributed by atoms with Gasteiger partial charge in [-0.1, -0.05) is 42.0 Å². The average Bonchev–Trinajstić information content (AvgIpc) is 2.49. The van der Waals surface area contributed by atoms with E-state index in [9.17, 15) is 10.1 Å². The van der Waals surface area contributed by atoms with E-state index in [1.165, 1.54) is 0 Å². The second kappa shape index (κ2) is 6.73. The van der Waals surface area contributed by atoms with Crippen LogP contribution in [0.25, 0.3) is 6.08 Å². The third-order valence-electron chi connectivity index (χ3n) is 3.48. The molecule has 2 aromatic carbocycles. The number of nitrogens with one attached hydrogen (secondary N) is 1. The van der Waals surface area contributed by atoms with E-state index in [-0.39, 0.29) is 5.57 Å². The number of carbonyl (C=O) groups excluding carboxylic acids is 1. The van der Waals surface area contributed by atoms with Crippen LogP contribution < -0.4 is 5.32 Å². The Balaban J connectivity index is 2.27. The third-order valence-corrected chi connectivity index (χ3v) is 3.48. The molecule has 110 valence electrons. The van der Waals surface area contributed by atoms with E-state index in [0.29, 0.717) is 0 Å². The molecule has 3 heteroatoms. The number of aryl methyl sites for hydroxylation is 3. The number of nitriles is 1. The van der Waals surface area contributed by atoms with Crippen LogP contribution >= 0.6 is 0 Å². The summed E-state index contributed by atoms with van der Waals surface area (Å²) in [4.78, 5) is 12.3. The van der Waals surface area contributed by atoms with Crippen LogP contribution in [-0.2, 0) is 4.79 Å². The number of benzene rings is 2. The Morgan fingerprint density at radius 2 is 1.82 bits per heavy atom. The molecule has 2 rings (SSSR count). The topological polar surface area (TPSA) is 52.9 Å². The van der Waals surface area contributed by atoms with Gasteiger partial charge in [0.1, 0.15) is 11.6 Å². The number of hydrogen-bond acceptors (Lipinski definition) is 2. The Morgan fingerprint density at radius 3 is 2.45 bits per heavy atom. The zero-order chi connectivity index (χ0) is 16.1. The van der Waals surface area contributed by atoms with Crippen molar-refractivity contribution >= 4 is 17.7 Å². The van der Waals surface area contributed by atoms with Crippen LogP contribution in [0.15, 0.2) is 48.0 Å². The van der Waals surface area contributed by atoms with Crippen molar-refractivity contribution in [3.05, 3.63) is 70.3 Å². The van der Waals surface area contributed by atoms with Crippen LogP contribution in [0.2, 0.25) is 0 Å². The lowest BCUT2D eigenvalue weighted by Crippen LogP contribution is -2.14. The molecular formula is C19H18N2O. The van der Waals surface area contributed by atoms with Gasteiger partial charge in [-0.2, -0.15) is 5.26 Å². The van der Waals surface area contributed by atoms with Crippen LogP contribution in [0.1, 0.15) is 22.3 Å². The molecule has 0 fully saturated rings. The maximum Gasteiger partial charge on any atom is 0.266 e. The highest BCUT2D eigenvalue weighted by atomic mass is 16.1. The monoisotopic (exact) mass is 290 g/mol. The summed E-state index contributed by atoms with van der Waals surface area (Å²) in [5, 5.41) is 12.1. The number of nitrogens with zero attached hydrogens (tertiary/aromatic N) is 1. The molecule has 0 saturated heterocycles. The molecule has 0 saturated carbocycles. The molecule has 1 N–H and O–H groups in total. The summed E-state index contributed by atoms with van der Waals surface area (Å²) in [5.74, 6) is -0.391. The second-order valence-corrected chi connectivity index (χ2v) is 5.30. The van der Waals surface area contributed by atoms with Crippen LogP contribution in [0.5, 0.6) is 0 Å². The van der Waals surface area contributed by atoms with Crippen molar-refractivity contribution in [2.45, 2.75) is 20.8 Å². The van der Waals surface area contributed by atoms with Gasteiger partial charge in [0.15, 0.2) is 0 Å². The van der Waals surface area contributed by atoms with E-state index in [4.69, 9.17) is 0 Å². The van der Waals surface area contributed by atoms with Gasteiger partial charge in [0, 0.05) is 5.69 Å². The molecular weight excluding hydrogens is 272 g/mol. The van der Waals surface area contributed by atoms with Crippen molar-refractivity contribution in [2.75, 3.05) is 5.32 Å².